The normalized spacial score (nSPS) is 16.4. The number of ether oxygens (including phenoxy) is 5. The van der Waals surface area contributed by atoms with Gasteiger partial charge in [-0.15, -0.1) is 0 Å². The molecular weight excluding hydrogens is 638 g/mol. The third-order valence-electron chi connectivity index (χ3n) is 7.02. The zero-order valence-electron chi connectivity index (χ0n) is 25.9. The number of hydrogen-bond donors (Lipinski definition) is 2. The van der Waals surface area contributed by atoms with Gasteiger partial charge in [0.1, 0.15) is 6.04 Å². The molecule has 0 saturated carbocycles. The standard InChI is InChI=1S/C31H39N3O12S/c35-27-10-9-26(29(36)33-27)34-30(37)24-7-4-8-25(28(24)31(34)38)32-11-12-41-13-14-42-15-16-43-17-18-44-19-20-45-21-22-46-47(39,40)23-5-2-1-3-6-23/h1-8,26,32H,9-22H2,(H,33,35,36). The predicted molar refractivity (Wildman–Crippen MR) is 165 cm³/mol. The highest BCUT2D eigenvalue weighted by Gasteiger charge is 2.45. The lowest BCUT2D eigenvalue weighted by Crippen LogP contribution is -2.54. The molecule has 2 aliphatic heterocycles. The zero-order chi connectivity index (χ0) is 33.5. The molecule has 47 heavy (non-hydrogen) atoms. The minimum Gasteiger partial charge on any atom is -0.382 e. The molecule has 1 unspecified atom stereocenters. The Bertz CT molecular complexity index is 1470. The van der Waals surface area contributed by atoms with Gasteiger partial charge in [0.2, 0.25) is 11.8 Å². The van der Waals surface area contributed by atoms with E-state index in [-0.39, 0.29) is 42.1 Å². The van der Waals surface area contributed by atoms with Crippen LogP contribution in [0, 0.1) is 0 Å². The van der Waals surface area contributed by atoms with Crippen LogP contribution in [-0.2, 0) is 47.6 Å². The molecule has 256 valence electrons. The van der Waals surface area contributed by atoms with Crippen LogP contribution in [0.15, 0.2) is 53.4 Å². The van der Waals surface area contributed by atoms with Gasteiger partial charge >= 0.3 is 0 Å². The van der Waals surface area contributed by atoms with Crippen LogP contribution < -0.4 is 10.6 Å². The van der Waals surface area contributed by atoms with E-state index in [1.54, 1.807) is 30.3 Å². The third-order valence-corrected chi connectivity index (χ3v) is 8.34. The summed E-state index contributed by atoms with van der Waals surface area (Å²) in [6.45, 7) is 3.59. The van der Waals surface area contributed by atoms with E-state index in [2.05, 4.69) is 10.6 Å². The molecule has 1 saturated heterocycles. The topological polar surface area (TPSA) is 185 Å². The van der Waals surface area contributed by atoms with Crippen LogP contribution >= 0.6 is 0 Å². The molecular formula is C31H39N3O12S. The second-order valence-corrected chi connectivity index (χ2v) is 11.9. The van der Waals surface area contributed by atoms with Gasteiger partial charge in [-0.05, 0) is 30.7 Å². The van der Waals surface area contributed by atoms with Crippen LogP contribution in [0.25, 0.3) is 0 Å². The van der Waals surface area contributed by atoms with Crippen LogP contribution in [0.3, 0.4) is 0 Å². The maximum Gasteiger partial charge on any atom is 0.297 e. The molecule has 16 heteroatoms. The van der Waals surface area contributed by atoms with Crippen LogP contribution in [-0.4, -0.2) is 122 Å². The molecule has 2 aromatic carbocycles. The molecule has 4 amide bonds. The van der Waals surface area contributed by atoms with Crippen molar-refractivity contribution < 1.29 is 55.5 Å². The predicted octanol–water partition coefficient (Wildman–Crippen LogP) is 0.988. The molecule has 2 aliphatic rings. The molecule has 15 nitrogen and oxygen atoms in total. The lowest BCUT2D eigenvalue weighted by atomic mass is 10.0. The van der Waals surface area contributed by atoms with Gasteiger partial charge < -0.3 is 29.0 Å². The van der Waals surface area contributed by atoms with Gasteiger partial charge in [0.15, 0.2) is 0 Å². The Balaban J connectivity index is 0.959. The van der Waals surface area contributed by atoms with E-state index >= 15 is 0 Å². The molecule has 2 heterocycles. The van der Waals surface area contributed by atoms with Crippen LogP contribution in [0.5, 0.6) is 0 Å². The number of imide groups is 2. The molecule has 4 rings (SSSR count). The van der Waals surface area contributed by atoms with Crippen molar-refractivity contribution in [3.05, 3.63) is 59.7 Å². The average molecular weight is 678 g/mol. The number of carbonyl (C=O) groups excluding carboxylic acids is 4. The average Bonchev–Trinajstić information content (AvgIpc) is 3.32. The van der Waals surface area contributed by atoms with E-state index in [0.717, 1.165) is 4.90 Å². The van der Waals surface area contributed by atoms with Gasteiger partial charge in [0.05, 0.1) is 88.7 Å². The molecule has 0 spiro atoms. The zero-order valence-corrected chi connectivity index (χ0v) is 26.7. The first-order chi connectivity index (χ1) is 22.8. The van der Waals surface area contributed by atoms with Gasteiger partial charge in [-0.25, -0.2) is 0 Å². The summed E-state index contributed by atoms with van der Waals surface area (Å²) in [5.74, 6) is -2.21. The number of benzene rings is 2. The first-order valence-electron chi connectivity index (χ1n) is 15.2. The molecule has 0 aliphatic carbocycles. The monoisotopic (exact) mass is 677 g/mol. The van der Waals surface area contributed by atoms with Gasteiger partial charge in [-0.1, -0.05) is 24.3 Å². The summed E-state index contributed by atoms with van der Waals surface area (Å²) in [6, 6.07) is 11.8. The van der Waals surface area contributed by atoms with Crippen molar-refractivity contribution in [2.75, 3.05) is 84.5 Å². The fourth-order valence-corrected chi connectivity index (χ4v) is 5.67. The molecule has 1 fully saturated rings. The summed E-state index contributed by atoms with van der Waals surface area (Å²) in [7, 11) is -3.79. The van der Waals surface area contributed by atoms with Crippen molar-refractivity contribution in [2.45, 2.75) is 23.8 Å². The summed E-state index contributed by atoms with van der Waals surface area (Å²) in [6.07, 6.45) is 0.154. The van der Waals surface area contributed by atoms with Crippen LogP contribution in [0.2, 0.25) is 0 Å². The number of fused-ring (bicyclic) bond motifs is 1. The SMILES string of the molecule is O=C1CCC(N2C(=O)c3cccc(NCCOCCOCCOCCOCCOCCOS(=O)(=O)c4ccccc4)c3C2=O)C(=O)N1. The summed E-state index contributed by atoms with van der Waals surface area (Å²) in [4.78, 5) is 50.8. The summed E-state index contributed by atoms with van der Waals surface area (Å²) < 4.78 is 56.1. The molecule has 0 bridgehead atoms. The lowest BCUT2D eigenvalue weighted by molar-refractivity contribution is -0.136. The first-order valence-corrected chi connectivity index (χ1v) is 16.6. The molecule has 1 atom stereocenters. The number of hydrogen-bond acceptors (Lipinski definition) is 13. The highest BCUT2D eigenvalue weighted by Crippen LogP contribution is 2.32. The quantitative estimate of drug-likeness (QED) is 0.102. The van der Waals surface area contributed by atoms with E-state index in [0.29, 0.717) is 71.7 Å². The second-order valence-electron chi connectivity index (χ2n) is 10.3. The fraction of sp³-hybridized carbons (Fsp3) is 0.484. The molecule has 0 aromatic heterocycles. The maximum atomic E-state index is 13.1. The van der Waals surface area contributed by atoms with Crippen molar-refractivity contribution in [2.24, 2.45) is 0 Å². The van der Waals surface area contributed by atoms with E-state index in [9.17, 15) is 27.6 Å². The van der Waals surface area contributed by atoms with Crippen molar-refractivity contribution in [1.82, 2.24) is 10.2 Å². The highest BCUT2D eigenvalue weighted by atomic mass is 32.2. The Hall–Kier alpha value is -3.77. The maximum absolute atomic E-state index is 13.1. The Morgan fingerprint density at radius 2 is 1.28 bits per heavy atom. The third kappa shape index (κ3) is 10.6. The van der Waals surface area contributed by atoms with Crippen molar-refractivity contribution in [3.8, 4) is 0 Å². The van der Waals surface area contributed by atoms with Crippen molar-refractivity contribution in [1.29, 1.82) is 0 Å². The van der Waals surface area contributed by atoms with Gasteiger partial charge in [-0.3, -0.25) is 33.6 Å². The number of rotatable bonds is 22. The number of amides is 4. The van der Waals surface area contributed by atoms with Gasteiger partial charge in [-0.2, -0.15) is 8.42 Å². The molecule has 2 N–H and O–H groups in total. The minimum absolute atomic E-state index is 0.0583. The summed E-state index contributed by atoms with van der Waals surface area (Å²) >= 11 is 0. The second kappa shape index (κ2) is 18.5. The van der Waals surface area contributed by atoms with Crippen molar-refractivity contribution >= 4 is 39.4 Å². The Morgan fingerprint density at radius 1 is 0.702 bits per heavy atom. The van der Waals surface area contributed by atoms with E-state index in [1.165, 1.54) is 18.2 Å². The Kier molecular flexibility index (Phi) is 14.2. The minimum atomic E-state index is -3.79. The fourth-order valence-electron chi connectivity index (χ4n) is 4.76. The number of nitrogens with one attached hydrogen (secondary N) is 2. The number of anilines is 1. The van der Waals surface area contributed by atoms with Crippen LogP contribution in [0.1, 0.15) is 33.6 Å². The van der Waals surface area contributed by atoms with Crippen molar-refractivity contribution in [3.63, 3.8) is 0 Å². The lowest BCUT2D eigenvalue weighted by Gasteiger charge is -2.27. The smallest absolute Gasteiger partial charge is 0.297 e. The van der Waals surface area contributed by atoms with E-state index < -0.39 is 39.8 Å². The van der Waals surface area contributed by atoms with Gasteiger partial charge in [0, 0.05) is 18.7 Å². The Morgan fingerprint density at radius 3 is 1.87 bits per heavy atom. The summed E-state index contributed by atoms with van der Waals surface area (Å²) in [5, 5.41) is 5.30. The largest absolute Gasteiger partial charge is 0.382 e. The van der Waals surface area contributed by atoms with Crippen LogP contribution in [0.4, 0.5) is 5.69 Å². The van der Waals surface area contributed by atoms with Gasteiger partial charge in [0.25, 0.3) is 21.9 Å². The highest BCUT2D eigenvalue weighted by molar-refractivity contribution is 7.86. The van der Waals surface area contributed by atoms with E-state index in [1.807, 2.05) is 0 Å². The van der Waals surface area contributed by atoms with E-state index in [4.69, 9.17) is 27.9 Å². The molecule has 0 radical (unpaired) electrons. The first kappa shape index (κ1) is 36.1. The summed E-state index contributed by atoms with van der Waals surface area (Å²) in [5.41, 5.74) is 0.870. The number of nitrogens with zero attached hydrogens (tertiary/aromatic N) is 1. The number of piperidine rings is 1. The number of carbonyl (C=O) groups is 4. The molecule has 2 aromatic rings. The Labute approximate surface area is 272 Å².